The third-order valence-electron chi connectivity index (χ3n) is 1.74. The van der Waals surface area contributed by atoms with Gasteiger partial charge in [0.05, 0.1) is 6.04 Å². The van der Waals surface area contributed by atoms with Gasteiger partial charge in [0.25, 0.3) is 0 Å². The Balaban J connectivity index is 0.000000605. The van der Waals surface area contributed by atoms with Crippen molar-refractivity contribution >= 4 is 12.4 Å². The zero-order chi connectivity index (χ0) is 6.81. The second-order valence-corrected chi connectivity index (χ2v) is 2.43. The summed E-state index contributed by atoms with van der Waals surface area (Å²) in [5.74, 6) is 0.720. The number of nitrogens with one attached hydrogen (secondary N) is 1. The molecule has 1 aromatic rings. The lowest BCUT2D eigenvalue weighted by Gasteiger charge is -2.01. The van der Waals surface area contributed by atoms with E-state index in [0.717, 1.165) is 18.9 Å². The van der Waals surface area contributed by atoms with Crippen molar-refractivity contribution in [1.82, 2.24) is 15.5 Å². The molecule has 1 saturated heterocycles. The van der Waals surface area contributed by atoms with Crippen molar-refractivity contribution in [2.45, 2.75) is 18.9 Å². The molecule has 1 aliphatic heterocycles. The molecule has 0 aromatic carbocycles. The van der Waals surface area contributed by atoms with Gasteiger partial charge in [-0.3, -0.25) is 0 Å². The summed E-state index contributed by atoms with van der Waals surface area (Å²) < 4.78 is 5.03. The third-order valence-corrected chi connectivity index (χ3v) is 1.74. The SMILES string of the molecule is Cl.c1nnc([C@H]2CCCN2)o1. The third kappa shape index (κ3) is 1.70. The Hall–Kier alpha value is -0.610. The summed E-state index contributed by atoms with van der Waals surface area (Å²) in [6.07, 6.45) is 3.69. The zero-order valence-corrected chi connectivity index (χ0v) is 6.80. The normalized spacial score (nSPS) is 23.1. The molecule has 2 rings (SSSR count). The molecule has 4 nitrogen and oxygen atoms in total. The van der Waals surface area contributed by atoms with Crippen molar-refractivity contribution < 1.29 is 4.42 Å². The molecule has 1 fully saturated rings. The van der Waals surface area contributed by atoms with Crippen molar-refractivity contribution in [1.29, 1.82) is 0 Å². The van der Waals surface area contributed by atoms with Crippen LogP contribution in [0, 0.1) is 0 Å². The Labute approximate surface area is 70.8 Å². The van der Waals surface area contributed by atoms with Gasteiger partial charge >= 0.3 is 0 Å². The molecule has 0 amide bonds. The number of aromatic nitrogens is 2. The highest BCUT2D eigenvalue weighted by Crippen LogP contribution is 2.19. The summed E-state index contributed by atoms with van der Waals surface area (Å²) in [4.78, 5) is 0. The second kappa shape index (κ2) is 3.69. The van der Waals surface area contributed by atoms with E-state index in [9.17, 15) is 0 Å². The standard InChI is InChI=1S/C6H9N3O.ClH/c1-2-5(7-3-1)6-9-8-4-10-6;/h4-5,7H,1-3H2;1H/t5-;/m1./s1. The van der Waals surface area contributed by atoms with E-state index in [1.807, 2.05) is 0 Å². The summed E-state index contributed by atoms with van der Waals surface area (Å²) in [7, 11) is 0. The van der Waals surface area contributed by atoms with Gasteiger partial charge in [0, 0.05) is 0 Å². The topological polar surface area (TPSA) is 51.0 Å². The van der Waals surface area contributed by atoms with E-state index >= 15 is 0 Å². The van der Waals surface area contributed by atoms with Crippen molar-refractivity contribution in [2.75, 3.05) is 6.54 Å². The highest BCUT2D eigenvalue weighted by Gasteiger charge is 2.19. The van der Waals surface area contributed by atoms with E-state index in [-0.39, 0.29) is 12.4 Å². The lowest BCUT2D eigenvalue weighted by atomic mass is 10.2. The average molecular weight is 176 g/mol. The number of hydrogen-bond acceptors (Lipinski definition) is 4. The van der Waals surface area contributed by atoms with Crippen molar-refractivity contribution in [3.05, 3.63) is 12.3 Å². The Morgan fingerprint density at radius 1 is 1.64 bits per heavy atom. The van der Waals surface area contributed by atoms with E-state index in [2.05, 4.69) is 15.5 Å². The van der Waals surface area contributed by atoms with Gasteiger partial charge in [0.1, 0.15) is 0 Å². The van der Waals surface area contributed by atoms with Gasteiger partial charge in [0.2, 0.25) is 12.3 Å². The Morgan fingerprint density at radius 2 is 2.55 bits per heavy atom. The molecule has 11 heavy (non-hydrogen) atoms. The van der Waals surface area contributed by atoms with Gasteiger partial charge in [0.15, 0.2) is 0 Å². The van der Waals surface area contributed by atoms with Crippen LogP contribution < -0.4 is 5.32 Å². The van der Waals surface area contributed by atoms with Crippen LogP contribution in [0.4, 0.5) is 0 Å². The number of nitrogens with zero attached hydrogens (tertiary/aromatic N) is 2. The molecular weight excluding hydrogens is 166 g/mol. The van der Waals surface area contributed by atoms with Crippen molar-refractivity contribution in [2.24, 2.45) is 0 Å². The Kier molecular flexibility index (Phi) is 2.84. The molecule has 1 N–H and O–H groups in total. The van der Waals surface area contributed by atoms with Crippen LogP contribution in [-0.4, -0.2) is 16.7 Å². The number of halogens is 1. The van der Waals surface area contributed by atoms with Crippen LogP contribution in [0.25, 0.3) is 0 Å². The molecule has 2 heterocycles. The van der Waals surface area contributed by atoms with E-state index in [1.165, 1.54) is 12.8 Å². The molecule has 1 atom stereocenters. The maximum Gasteiger partial charge on any atom is 0.233 e. The summed E-state index contributed by atoms with van der Waals surface area (Å²) in [5.41, 5.74) is 0. The minimum Gasteiger partial charge on any atom is -0.426 e. The van der Waals surface area contributed by atoms with E-state index < -0.39 is 0 Å². The molecule has 0 unspecified atom stereocenters. The van der Waals surface area contributed by atoms with Crippen LogP contribution in [0.1, 0.15) is 24.8 Å². The fraction of sp³-hybridized carbons (Fsp3) is 0.667. The maximum absolute atomic E-state index is 5.03. The highest BCUT2D eigenvalue weighted by molar-refractivity contribution is 5.85. The fourth-order valence-corrected chi connectivity index (χ4v) is 1.23. The van der Waals surface area contributed by atoms with E-state index in [0.29, 0.717) is 6.04 Å². The quantitative estimate of drug-likeness (QED) is 0.690. The average Bonchev–Trinajstić information content (AvgIpc) is 2.59. The van der Waals surface area contributed by atoms with Crippen molar-refractivity contribution in [3.8, 4) is 0 Å². The van der Waals surface area contributed by atoms with Crippen LogP contribution in [0.15, 0.2) is 10.8 Å². The molecule has 62 valence electrons. The van der Waals surface area contributed by atoms with Crippen molar-refractivity contribution in [3.63, 3.8) is 0 Å². The highest BCUT2D eigenvalue weighted by atomic mass is 35.5. The van der Waals surface area contributed by atoms with Gasteiger partial charge in [-0.2, -0.15) is 0 Å². The first-order valence-corrected chi connectivity index (χ1v) is 3.46. The van der Waals surface area contributed by atoms with Gasteiger partial charge in [-0.1, -0.05) is 0 Å². The van der Waals surface area contributed by atoms with Crippen LogP contribution in [0.2, 0.25) is 0 Å². The lowest BCUT2D eigenvalue weighted by Crippen LogP contribution is -2.12. The molecule has 0 spiro atoms. The largest absolute Gasteiger partial charge is 0.426 e. The van der Waals surface area contributed by atoms with Gasteiger partial charge in [-0.05, 0) is 19.4 Å². The summed E-state index contributed by atoms with van der Waals surface area (Å²) >= 11 is 0. The molecular formula is C6H10ClN3O. The smallest absolute Gasteiger partial charge is 0.233 e. The second-order valence-electron chi connectivity index (χ2n) is 2.43. The Bertz CT molecular complexity index is 196. The first-order valence-electron chi connectivity index (χ1n) is 3.46. The monoisotopic (exact) mass is 175 g/mol. The van der Waals surface area contributed by atoms with Crippen LogP contribution >= 0.6 is 12.4 Å². The van der Waals surface area contributed by atoms with Gasteiger partial charge in [-0.15, -0.1) is 22.6 Å². The van der Waals surface area contributed by atoms with Gasteiger partial charge < -0.3 is 9.73 Å². The molecule has 1 aliphatic rings. The summed E-state index contributed by atoms with van der Waals surface area (Å²) in [6, 6.07) is 0.308. The molecule has 5 heteroatoms. The summed E-state index contributed by atoms with van der Waals surface area (Å²) in [5, 5.41) is 10.7. The first kappa shape index (κ1) is 8.49. The zero-order valence-electron chi connectivity index (χ0n) is 5.99. The lowest BCUT2D eigenvalue weighted by molar-refractivity contribution is 0.429. The molecule has 0 aliphatic carbocycles. The number of hydrogen-bond donors (Lipinski definition) is 1. The Morgan fingerprint density at radius 3 is 3.09 bits per heavy atom. The minimum atomic E-state index is 0. The predicted octanol–water partition coefficient (Wildman–Crippen LogP) is 0.916. The van der Waals surface area contributed by atoms with Crippen LogP contribution in [0.3, 0.4) is 0 Å². The first-order chi connectivity index (χ1) is 4.97. The maximum atomic E-state index is 5.03. The molecule has 0 bridgehead atoms. The van der Waals surface area contributed by atoms with E-state index in [1.54, 1.807) is 0 Å². The molecule has 0 radical (unpaired) electrons. The van der Waals surface area contributed by atoms with Gasteiger partial charge in [-0.25, -0.2) is 0 Å². The predicted molar refractivity (Wildman–Crippen MR) is 41.5 cm³/mol. The van der Waals surface area contributed by atoms with Crippen LogP contribution in [0.5, 0.6) is 0 Å². The van der Waals surface area contributed by atoms with E-state index in [4.69, 9.17) is 4.42 Å². The molecule has 0 saturated carbocycles. The minimum absolute atomic E-state index is 0. The fourth-order valence-electron chi connectivity index (χ4n) is 1.23. The number of rotatable bonds is 1. The van der Waals surface area contributed by atoms with Crippen LogP contribution in [-0.2, 0) is 0 Å². The molecule has 1 aromatic heterocycles. The summed E-state index contributed by atoms with van der Waals surface area (Å²) in [6.45, 7) is 1.06.